The van der Waals surface area contributed by atoms with Crippen LogP contribution in [0.25, 0.3) is 0 Å². The molecule has 2 aromatic heterocycles. The van der Waals surface area contributed by atoms with Crippen LogP contribution in [0.4, 0.5) is 13.2 Å². The Hall–Kier alpha value is -1.38. The maximum absolute atomic E-state index is 12.2. The number of alkyl halides is 3. The number of carbonyl (C=O) groups excluding carboxylic acids is 1. The van der Waals surface area contributed by atoms with Crippen molar-refractivity contribution in [2.45, 2.75) is 18.6 Å². The van der Waals surface area contributed by atoms with Crippen molar-refractivity contribution >= 4 is 28.6 Å². The minimum atomic E-state index is -4.37. The average molecular weight is 361 g/mol. The second-order valence-corrected chi connectivity index (χ2v) is 7.45. The normalized spacial score (nSPS) is 21.0. The molecular formula is C15H16F3N2OS2+. The smallest absolute Gasteiger partial charge is 0.342 e. The molecule has 0 aliphatic carbocycles. The summed E-state index contributed by atoms with van der Waals surface area (Å²) in [5.74, 6) is -0.558. The molecule has 0 fully saturated rings. The van der Waals surface area contributed by atoms with Gasteiger partial charge in [-0.15, -0.1) is 22.7 Å². The number of quaternary nitrogens is 1. The van der Waals surface area contributed by atoms with Crippen LogP contribution in [-0.4, -0.2) is 31.7 Å². The van der Waals surface area contributed by atoms with Gasteiger partial charge in [0.05, 0.1) is 11.4 Å². The largest absolute Gasteiger partial charge is 0.405 e. The van der Waals surface area contributed by atoms with E-state index in [0.717, 1.165) is 22.7 Å². The molecule has 23 heavy (non-hydrogen) atoms. The zero-order valence-corrected chi connectivity index (χ0v) is 13.8. The van der Waals surface area contributed by atoms with Gasteiger partial charge >= 0.3 is 6.18 Å². The number of carbonyl (C=O) groups is 1. The second-order valence-electron chi connectivity index (χ2n) is 5.47. The Morgan fingerprint density at radius 2 is 2.13 bits per heavy atom. The lowest BCUT2D eigenvalue weighted by atomic mass is 9.98. The molecule has 0 saturated heterocycles. The molecule has 124 valence electrons. The lowest BCUT2D eigenvalue weighted by Crippen LogP contribution is -3.14. The molecular weight excluding hydrogens is 345 g/mol. The fraction of sp³-hybridized carbons (Fsp3) is 0.400. The molecule has 2 N–H and O–H groups in total. The molecule has 3 rings (SSSR count). The topological polar surface area (TPSA) is 33.5 Å². The molecule has 3 heterocycles. The van der Waals surface area contributed by atoms with Crippen LogP contribution in [0.15, 0.2) is 29.0 Å². The summed E-state index contributed by atoms with van der Waals surface area (Å²) in [6.45, 7) is -0.476. The van der Waals surface area contributed by atoms with Gasteiger partial charge in [0.25, 0.3) is 5.91 Å². The third-order valence-corrected chi connectivity index (χ3v) is 5.81. The molecule has 8 heteroatoms. The molecule has 0 spiro atoms. The Morgan fingerprint density at radius 3 is 2.83 bits per heavy atom. The molecule has 3 nitrogen and oxygen atoms in total. The van der Waals surface area contributed by atoms with Crippen molar-refractivity contribution in [2.75, 3.05) is 19.6 Å². The molecule has 0 bridgehead atoms. The Balaban J connectivity index is 1.75. The standard InChI is InChI=1S/C15H15F3N2OS2/c16-15(17,18)9-19-13(21)8-20-5-3-11-10(4-7-23-11)14(20)12-2-1-6-22-12/h1-2,4,6-7,14H,3,5,8-9H2,(H,19,21)/p+1/t14-/m0/s1. The van der Waals surface area contributed by atoms with Crippen LogP contribution < -0.4 is 10.2 Å². The number of amides is 1. The first-order valence-corrected chi connectivity index (χ1v) is 8.97. The van der Waals surface area contributed by atoms with Crippen molar-refractivity contribution in [1.29, 1.82) is 0 Å². The van der Waals surface area contributed by atoms with Gasteiger partial charge in [0.15, 0.2) is 6.54 Å². The number of thiophene rings is 2. The Bertz CT molecular complexity index is 667. The van der Waals surface area contributed by atoms with Crippen LogP contribution in [0.3, 0.4) is 0 Å². The molecule has 0 radical (unpaired) electrons. The third-order valence-electron chi connectivity index (χ3n) is 3.87. The fourth-order valence-electron chi connectivity index (χ4n) is 2.92. The van der Waals surface area contributed by atoms with Gasteiger partial charge in [0, 0.05) is 16.9 Å². The summed E-state index contributed by atoms with van der Waals surface area (Å²) < 4.78 is 36.7. The highest BCUT2D eigenvalue weighted by atomic mass is 32.1. The van der Waals surface area contributed by atoms with E-state index >= 15 is 0 Å². The molecule has 1 unspecified atom stereocenters. The van der Waals surface area contributed by atoms with Crippen LogP contribution in [-0.2, 0) is 11.2 Å². The third kappa shape index (κ3) is 3.94. The molecule has 1 aliphatic rings. The summed E-state index contributed by atoms with van der Waals surface area (Å²) in [4.78, 5) is 15.3. The van der Waals surface area contributed by atoms with Gasteiger partial charge in [0.1, 0.15) is 12.6 Å². The van der Waals surface area contributed by atoms with E-state index < -0.39 is 18.6 Å². The van der Waals surface area contributed by atoms with E-state index in [1.54, 1.807) is 22.7 Å². The van der Waals surface area contributed by atoms with Crippen molar-refractivity contribution in [3.8, 4) is 0 Å². The minimum Gasteiger partial charge on any atom is -0.342 e. The molecule has 0 saturated carbocycles. The van der Waals surface area contributed by atoms with Gasteiger partial charge in [-0.05, 0) is 22.9 Å². The van der Waals surface area contributed by atoms with E-state index in [-0.39, 0.29) is 12.6 Å². The molecule has 1 aliphatic heterocycles. The first kappa shape index (κ1) is 16.5. The summed E-state index contributed by atoms with van der Waals surface area (Å²) in [5.41, 5.74) is 1.20. The fourth-order valence-corrected chi connectivity index (χ4v) is 4.74. The number of halogens is 3. The van der Waals surface area contributed by atoms with Crippen molar-refractivity contribution < 1.29 is 22.9 Å². The highest BCUT2D eigenvalue weighted by Gasteiger charge is 2.36. The van der Waals surface area contributed by atoms with E-state index in [1.807, 2.05) is 28.2 Å². The van der Waals surface area contributed by atoms with Crippen LogP contribution >= 0.6 is 22.7 Å². The van der Waals surface area contributed by atoms with Gasteiger partial charge in [-0.2, -0.15) is 13.2 Å². The van der Waals surface area contributed by atoms with E-state index in [0.29, 0.717) is 0 Å². The zero-order chi connectivity index (χ0) is 16.4. The van der Waals surface area contributed by atoms with Gasteiger partial charge in [-0.3, -0.25) is 4.79 Å². The number of hydrogen-bond donors (Lipinski definition) is 2. The van der Waals surface area contributed by atoms with Gasteiger partial charge < -0.3 is 10.2 Å². The van der Waals surface area contributed by atoms with Crippen LogP contribution in [0.2, 0.25) is 0 Å². The van der Waals surface area contributed by atoms with Crippen molar-refractivity contribution in [3.63, 3.8) is 0 Å². The Morgan fingerprint density at radius 1 is 1.30 bits per heavy atom. The predicted octanol–water partition coefficient (Wildman–Crippen LogP) is 2.02. The summed E-state index contributed by atoms with van der Waals surface area (Å²) in [7, 11) is 0. The lowest BCUT2D eigenvalue weighted by molar-refractivity contribution is -0.919. The molecule has 2 aromatic rings. The minimum absolute atomic E-state index is 0.0293. The Kier molecular flexibility index (Phi) is 4.74. The Labute approximate surface area is 139 Å². The molecule has 1 amide bonds. The van der Waals surface area contributed by atoms with Gasteiger partial charge in [-0.25, -0.2) is 0 Å². The maximum atomic E-state index is 12.2. The number of rotatable bonds is 4. The highest BCUT2D eigenvalue weighted by Crippen LogP contribution is 2.31. The highest BCUT2D eigenvalue weighted by molar-refractivity contribution is 7.10. The second kappa shape index (κ2) is 6.62. The van der Waals surface area contributed by atoms with E-state index in [9.17, 15) is 18.0 Å². The van der Waals surface area contributed by atoms with E-state index in [2.05, 4.69) is 6.07 Å². The van der Waals surface area contributed by atoms with Crippen molar-refractivity contribution in [3.05, 3.63) is 44.3 Å². The predicted molar refractivity (Wildman–Crippen MR) is 83.9 cm³/mol. The summed E-state index contributed by atoms with van der Waals surface area (Å²) in [5, 5.41) is 6.00. The number of hydrogen-bond acceptors (Lipinski definition) is 3. The van der Waals surface area contributed by atoms with Crippen molar-refractivity contribution in [1.82, 2.24) is 5.32 Å². The first-order valence-electron chi connectivity index (χ1n) is 7.22. The first-order chi connectivity index (χ1) is 10.9. The average Bonchev–Trinajstić information content (AvgIpc) is 3.15. The van der Waals surface area contributed by atoms with E-state index in [1.165, 1.54) is 10.4 Å². The molecule has 0 aromatic carbocycles. The van der Waals surface area contributed by atoms with Gasteiger partial charge in [-0.1, -0.05) is 6.07 Å². The van der Waals surface area contributed by atoms with E-state index in [4.69, 9.17) is 0 Å². The maximum Gasteiger partial charge on any atom is 0.405 e. The summed E-state index contributed by atoms with van der Waals surface area (Å²) >= 11 is 3.32. The van der Waals surface area contributed by atoms with Crippen molar-refractivity contribution in [2.24, 2.45) is 0 Å². The number of fused-ring (bicyclic) bond motifs is 1. The molecule has 2 atom stereocenters. The quantitative estimate of drug-likeness (QED) is 0.858. The summed E-state index contributed by atoms with van der Waals surface area (Å²) in [6, 6.07) is 6.08. The number of nitrogens with one attached hydrogen (secondary N) is 2. The monoisotopic (exact) mass is 361 g/mol. The van der Waals surface area contributed by atoms with Gasteiger partial charge in [0.2, 0.25) is 0 Å². The zero-order valence-electron chi connectivity index (χ0n) is 12.2. The van der Waals surface area contributed by atoms with Crippen LogP contribution in [0.1, 0.15) is 21.4 Å². The lowest BCUT2D eigenvalue weighted by Gasteiger charge is -2.31. The SMILES string of the molecule is O=C(C[NH+]1CCc2sccc2[C@H]1c1cccs1)NCC(F)(F)F. The van der Waals surface area contributed by atoms with Crippen LogP contribution in [0, 0.1) is 0 Å². The van der Waals surface area contributed by atoms with Crippen LogP contribution in [0.5, 0.6) is 0 Å². The summed E-state index contributed by atoms with van der Waals surface area (Å²) in [6.07, 6.45) is -3.52.